The fraction of sp³-hybridized carbons (Fsp3) is 0.588. The lowest BCUT2D eigenvalue weighted by Crippen LogP contribution is -2.28. The molecule has 0 atom stereocenters. The summed E-state index contributed by atoms with van der Waals surface area (Å²) in [6, 6.07) is 3.69. The van der Waals surface area contributed by atoms with Crippen LogP contribution in [0.3, 0.4) is 0 Å². The third-order valence-electron chi connectivity index (χ3n) is 4.34. The summed E-state index contributed by atoms with van der Waals surface area (Å²) < 4.78 is 26.8. The van der Waals surface area contributed by atoms with Gasteiger partial charge < -0.3 is 5.11 Å². The summed E-state index contributed by atoms with van der Waals surface area (Å²) in [5.74, 6) is -1.14. The lowest BCUT2D eigenvalue weighted by molar-refractivity contribution is -0.132. The van der Waals surface area contributed by atoms with E-state index in [4.69, 9.17) is 0 Å². The number of nitrogens with zero attached hydrogens (tertiary/aromatic N) is 1. The van der Waals surface area contributed by atoms with Gasteiger partial charge in [0.1, 0.15) is 0 Å². The minimum Gasteiger partial charge on any atom is -0.478 e. The molecule has 24 heavy (non-hydrogen) atoms. The molecule has 0 bridgehead atoms. The van der Waals surface area contributed by atoms with Gasteiger partial charge in [0, 0.05) is 11.9 Å². The zero-order valence-electron chi connectivity index (χ0n) is 14.1. The summed E-state index contributed by atoms with van der Waals surface area (Å²) >= 11 is 0. The van der Waals surface area contributed by atoms with Crippen LogP contribution in [0.1, 0.15) is 64.0 Å². The van der Waals surface area contributed by atoms with E-state index in [0.717, 1.165) is 31.4 Å². The van der Waals surface area contributed by atoms with E-state index >= 15 is 0 Å². The van der Waals surface area contributed by atoms with E-state index in [2.05, 4.69) is 11.8 Å². The predicted molar refractivity (Wildman–Crippen MR) is 93.7 cm³/mol. The smallest absolute Gasteiger partial charge is 0.332 e. The quantitative estimate of drug-likeness (QED) is 0.665. The lowest BCUT2D eigenvalue weighted by atomic mass is 9.99. The molecule has 2 N–H and O–H groups in total. The molecule has 0 saturated heterocycles. The standard InChI is InChI=1S/C17H26N2O4S/c1-2-3-4-5-9-14-10-8-13-19(14)18-24(22,23)16-12-7-6-11-15(16)17(20)21/h8,10,13,18H,2-7,9,11-12H2,1H3,(H,20,21). The van der Waals surface area contributed by atoms with E-state index in [1.807, 2.05) is 6.07 Å². The Morgan fingerprint density at radius 3 is 2.71 bits per heavy atom. The van der Waals surface area contributed by atoms with E-state index < -0.39 is 16.0 Å². The second kappa shape index (κ2) is 8.37. The maximum Gasteiger partial charge on any atom is 0.332 e. The van der Waals surface area contributed by atoms with Crippen LogP contribution < -0.4 is 4.83 Å². The molecule has 1 aliphatic carbocycles. The van der Waals surface area contributed by atoms with Crippen molar-refractivity contribution in [3.05, 3.63) is 34.5 Å². The second-order valence-corrected chi connectivity index (χ2v) is 7.87. The third kappa shape index (κ3) is 4.63. The maximum atomic E-state index is 12.6. The maximum absolute atomic E-state index is 12.6. The third-order valence-corrected chi connectivity index (χ3v) is 5.87. The normalized spacial score (nSPS) is 15.5. The van der Waals surface area contributed by atoms with Crippen LogP contribution in [0, 0.1) is 0 Å². The molecule has 1 aromatic heterocycles. The lowest BCUT2D eigenvalue weighted by Gasteiger charge is -2.20. The van der Waals surface area contributed by atoms with E-state index in [0.29, 0.717) is 19.3 Å². The van der Waals surface area contributed by atoms with Crippen molar-refractivity contribution in [2.75, 3.05) is 4.83 Å². The summed E-state index contributed by atoms with van der Waals surface area (Å²) in [6.07, 6.45) is 8.89. The number of unbranched alkanes of at least 4 members (excludes halogenated alkanes) is 3. The molecule has 1 heterocycles. The number of carboxylic acid groups (broad SMARTS) is 1. The number of carbonyl (C=O) groups is 1. The average molecular weight is 354 g/mol. The van der Waals surface area contributed by atoms with Crippen LogP contribution in [0.5, 0.6) is 0 Å². The van der Waals surface area contributed by atoms with Gasteiger partial charge in [0.25, 0.3) is 10.0 Å². The van der Waals surface area contributed by atoms with Crippen LogP contribution in [0.4, 0.5) is 0 Å². The molecule has 0 unspecified atom stereocenters. The van der Waals surface area contributed by atoms with Crippen LogP contribution in [0.15, 0.2) is 28.8 Å². The van der Waals surface area contributed by atoms with Crippen LogP contribution in [-0.4, -0.2) is 24.2 Å². The summed E-state index contributed by atoms with van der Waals surface area (Å²) in [5.41, 5.74) is 0.911. The number of aryl methyl sites for hydroxylation is 1. The zero-order chi connectivity index (χ0) is 17.6. The molecule has 0 fully saturated rings. The summed E-state index contributed by atoms with van der Waals surface area (Å²) in [5, 5.41) is 9.26. The second-order valence-electron chi connectivity index (χ2n) is 6.19. The monoisotopic (exact) mass is 354 g/mol. The molecule has 0 radical (unpaired) electrons. The molecule has 1 aromatic rings. The zero-order valence-corrected chi connectivity index (χ0v) is 14.9. The number of hydrogen-bond donors (Lipinski definition) is 2. The minimum atomic E-state index is -3.85. The first-order chi connectivity index (χ1) is 11.5. The van der Waals surface area contributed by atoms with Crippen molar-refractivity contribution in [2.45, 2.75) is 64.7 Å². The molecule has 0 amide bonds. The molecule has 0 saturated carbocycles. The van der Waals surface area contributed by atoms with E-state index in [-0.39, 0.29) is 16.9 Å². The first kappa shape index (κ1) is 18.6. The highest BCUT2D eigenvalue weighted by Crippen LogP contribution is 2.28. The van der Waals surface area contributed by atoms with E-state index in [1.165, 1.54) is 11.1 Å². The number of rotatable bonds is 9. The average Bonchev–Trinajstić information content (AvgIpc) is 2.98. The number of aliphatic carboxylic acids is 1. The van der Waals surface area contributed by atoms with Crippen molar-refractivity contribution in [3.63, 3.8) is 0 Å². The van der Waals surface area contributed by atoms with Crippen LogP contribution in [-0.2, 0) is 21.2 Å². The van der Waals surface area contributed by atoms with Gasteiger partial charge in [0.2, 0.25) is 0 Å². The van der Waals surface area contributed by atoms with Gasteiger partial charge in [0.15, 0.2) is 0 Å². The molecule has 2 rings (SSSR count). The van der Waals surface area contributed by atoms with Gasteiger partial charge in [-0.15, -0.1) is 0 Å². The van der Waals surface area contributed by atoms with Gasteiger partial charge in [-0.3, -0.25) is 4.68 Å². The molecule has 0 spiro atoms. The van der Waals surface area contributed by atoms with Crippen molar-refractivity contribution in [1.29, 1.82) is 0 Å². The Bertz CT molecular complexity index is 704. The Balaban J connectivity index is 2.15. The first-order valence-corrected chi connectivity index (χ1v) is 10.1. The van der Waals surface area contributed by atoms with E-state index in [1.54, 1.807) is 12.3 Å². The number of carboxylic acids is 1. The highest BCUT2D eigenvalue weighted by molar-refractivity contribution is 7.96. The van der Waals surface area contributed by atoms with Crippen LogP contribution >= 0.6 is 0 Å². The van der Waals surface area contributed by atoms with Crippen molar-refractivity contribution < 1.29 is 18.3 Å². The molecular formula is C17H26N2O4S. The molecule has 0 aliphatic heterocycles. The van der Waals surface area contributed by atoms with Gasteiger partial charge in [0.05, 0.1) is 10.5 Å². The Labute approximate surface area is 143 Å². The number of sulfonamides is 1. The molecular weight excluding hydrogens is 328 g/mol. The Hall–Kier alpha value is -1.76. The number of nitrogens with one attached hydrogen (secondary N) is 1. The largest absolute Gasteiger partial charge is 0.478 e. The molecule has 0 aromatic carbocycles. The van der Waals surface area contributed by atoms with Gasteiger partial charge in [-0.2, -0.15) is 0 Å². The Morgan fingerprint density at radius 1 is 1.25 bits per heavy atom. The topological polar surface area (TPSA) is 88.4 Å². The van der Waals surface area contributed by atoms with E-state index in [9.17, 15) is 18.3 Å². The Kier molecular flexibility index (Phi) is 6.48. The van der Waals surface area contributed by atoms with Gasteiger partial charge in [-0.05, 0) is 50.7 Å². The summed E-state index contributed by atoms with van der Waals surface area (Å²) in [6.45, 7) is 2.15. The van der Waals surface area contributed by atoms with Crippen molar-refractivity contribution >= 4 is 16.0 Å². The van der Waals surface area contributed by atoms with Crippen molar-refractivity contribution in [2.24, 2.45) is 0 Å². The van der Waals surface area contributed by atoms with Gasteiger partial charge in [-0.1, -0.05) is 26.2 Å². The van der Waals surface area contributed by atoms with Crippen LogP contribution in [0.25, 0.3) is 0 Å². The molecule has 6 nitrogen and oxygen atoms in total. The SMILES string of the molecule is CCCCCCc1cccn1NS(=O)(=O)C1=C(C(=O)O)CCCC1. The Morgan fingerprint density at radius 2 is 2.00 bits per heavy atom. The van der Waals surface area contributed by atoms with Crippen molar-refractivity contribution in [3.8, 4) is 0 Å². The number of aromatic nitrogens is 1. The molecule has 7 heteroatoms. The summed E-state index contributed by atoms with van der Waals surface area (Å²) in [7, 11) is -3.85. The summed E-state index contributed by atoms with van der Waals surface area (Å²) in [4.78, 5) is 13.9. The fourth-order valence-corrected chi connectivity index (χ4v) is 4.50. The van der Waals surface area contributed by atoms with Gasteiger partial charge in [-0.25, -0.2) is 18.0 Å². The van der Waals surface area contributed by atoms with Crippen LogP contribution in [0.2, 0.25) is 0 Å². The predicted octanol–water partition coefficient (Wildman–Crippen LogP) is 3.40. The minimum absolute atomic E-state index is 0.0189. The number of hydrogen-bond acceptors (Lipinski definition) is 3. The highest BCUT2D eigenvalue weighted by Gasteiger charge is 2.28. The highest BCUT2D eigenvalue weighted by atomic mass is 32.2. The van der Waals surface area contributed by atoms with Gasteiger partial charge >= 0.3 is 5.97 Å². The number of allylic oxidation sites excluding steroid dienone is 1. The molecule has 1 aliphatic rings. The molecule has 134 valence electrons. The fourth-order valence-electron chi connectivity index (χ4n) is 3.03. The first-order valence-electron chi connectivity index (χ1n) is 8.60. The van der Waals surface area contributed by atoms with Crippen molar-refractivity contribution in [1.82, 2.24) is 4.68 Å².